The number of ether oxygens (including phenoxy) is 1. The Morgan fingerprint density at radius 3 is 2.50 bits per heavy atom. The summed E-state index contributed by atoms with van der Waals surface area (Å²) in [6.07, 6.45) is 0. The quantitative estimate of drug-likeness (QED) is 0.918. The zero-order chi connectivity index (χ0) is 11.5. The van der Waals surface area contributed by atoms with Crippen molar-refractivity contribution < 1.29 is 4.74 Å². The lowest BCUT2D eigenvalue weighted by Gasteiger charge is -2.05. The SMILES string of the molecule is Cc1nc(N)cc(Oc2ccc(Br)cc2)n1. The van der Waals surface area contributed by atoms with Crippen molar-refractivity contribution in [1.29, 1.82) is 0 Å². The van der Waals surface area contributed by atoms with Crippen LogP contribution in [0.25, 0.3) is 0 Å². The molecule has 82 valence electrons. The summed E-state index contributed by atoms with van der Waals surface area (Å²) < 4.78 is 6.54. The number of nitrogens with zero attached hydrogens (tertiary/aromatic N) is 2. The Bertz CT molecular complexity index is 479. The van der Waals surface area contributed by atoms with Gasteiger partial charge in [0.05, 0.1) is 0 Å². The lowest BCUT2D eigenvalue weighted by atomic mass is 10.3. The van der Waals surface area contributed by atoms with Gasteiger partial charge in [-0.15, -0.1) is 0 Å². The van der Waals surface area contributed by atoms with Crippen molar-refractivity contribution in [2.24, 2.45) is 0 Å². The third kappa shape index (κ3) is 2.70. The van der Waals surface area contributed by atoms with Crippen LogP contribution in [0.5, 0.6) is 11.6 Å². The smallest absolute Gasteiger partial charge is 0.224 e. The monoisotopic (exact) mass is 279 g/mol. The number of aromatic nitrogens is 2. The molecule has 2 rings (SSSR count). The van der Waals surface area contributed by atoms with Gasteiger partial charge >= 0.3 is 0 Å². The maximum atomic E-state index is 5.60. The summed E-state index contributed by atoms with van der Waals surface area (Å²) in [4.78, 5) is 8.10. The first-order chi connectivity index (χ1) is 7.63. The van der Waals surface area contributed by atoms with Gasteiger partial charge in [-0.2, -0.15) is 4.98 Å². The Balaban J connectivity index is 2.23. The average molecular weight is 280 g/mol. The first kappa shape index (κ1) is 10.9. The molecule has 0 aliphatic rings. The molecule has 0 bridgehead atoms. The zero-order valence-electron chi connectivity index (χ0n) is 8.64. The number of halogens is 1. The van der Waals surface area contributed by atoms with Crippen molar-refractivity contribution in [1.82, 2.24) is 9.97 Å². The molecule has 0 radical (unpaired) electrons. The van der Waals surface area contributed by atoms with Gasteiger partial charge in [0.15, 0.2) is 0 Å². The third-order valence-corrected chi connectivity index (χ3v) is 2.40. The van der Waals surface area contributed by atoms with Crippen LogP contribution in [0.3, 0.4) is 0 Å². The molecule has 1 heterocycles. The summed E-state index contributed by atoms with van der Waals surface area (Å²) in [5.41, 5.74) is 5.60. The molecule has 0 aliphatic carbocycles. The summed E-state index contributed by atoms with van der Waals surface area (Å²) in [5, 5.41) is 0. The van der Waals surface area contributed by atoms with E-state index >= 15 is 0 Å². The van der Waals surface area contributed by atoms with Gasteiger partial charge in [0, 0.05) is 10.5 Å². The van der Waals surface area contributed by atoms with Gasteiger partial charge in [-0.25, -0.2) is 4.98 Å². The molecule has 16 heavy (non-hydrogen) atoms. The molecule has 1 aromatic heterocycles. The second-order valence-electron chi connectivity index (χ2n) is 3.23. The Hall–Kier alpha value is -1.62. The summed E-state index contributed by atoms with van der Waals surface area (Å²) in [5.74, 6) is 2.15. The molecule has 0 unspecified atom stereocenters. The van der Waals surface area contributed by atoms with E-state index in [0.717, 1.165) is 4.47 Å². The molecular formula is C11H10BrN3O. The van der Waals surface area contributed by atoms with E-state index in [2.05, 4.69) is 25.9 Å². The van der Waals surface area contributed by atoms with Crippen molar-refractivity contribution in [3.05, 3.63) is 40.6 Å². The standard InChI is InChI=1S/C11H10BrN3O/c1-7-14-10(13)6-11(15-7)16-9-4-2-8(12)3-5-9/h2-6H,1H3,(H2,13,14,15). The molecule has 0 saturated carbocycles. The fourth-order valence-corrected chi connectivity index (χ4v) is 1.50. The van der Waals surface area contributed by atoms with E-state index in [-0.39, 0.29) is 0 Å². The molecule has 0 saturated heterocycles. The number of aryl methyl sites for hydroxylation is 1. The zero-order valence-corrected chi connectivity index (χ0v) is 10.2. The fourth-order valence-electron chi connectivity index (χ4n) is 1.24. The Morgan fingerprint density at radius 2 is 1.88 bits per heavy atom. The van der Waals surface area contributed by atoms with E-state index in [4.69, 9.17) is 10.5 Å². The van der Waals surface area contributed by atoms with Crippen molar-refractivity contribution in [2.75, 3.05) is 5.73 Å². The number of hydrogen-bond acceptors (Lipinski definition) is 4. The van der Waals surface area contributed by atoms with Crippen molar-refractivity contribution in [2.45, 2.75) is 6.92 Å². The van der Waals surface area contributed by atoms with E-state index in [1.165, 1.54) is 0 Å². The predicted molar refractivity (Wildman–Crippen MR) is 65.4 cm³/mol. The maximum absolute atomic E-state index is 5.60. The molecule has 0 fully saturated rings. The van der Waals surface area contributed by atoms with Gasteiger partial charge in [-0.3, -0.25) is 0 Å². The predicted octanol–water partition coefficient (Wildman–Crippen LogP) is 2.92. The number of anilines is 1. The molecule has 0 atom stereocenters. The van der Waals surface area contributed by atoms with E-state index in [1.54, 1.807) is 13.0 Å². The van der Waals surface area contributed by atoms with Crippen LogP contribution in [0.4, 0.5) is 5.82 Å². The number of rotatable bonds is 2. The second-order valence-corrected chi connectivity index (χ2v) is 4.15. The minimum absolute atomic E-state index is 0.402. The highest BCUT2D eigenvalue weighted by atomic mass is 79.9. The third-order valence-electron chi connectivity index (χ3n) is 1.87. The Labute approximate surface area is 102 Å². The van der Waals surface area contributed by atoms with Crippen LogP contribution in [0.2, 0.25) is 0 Å². The number of nitrogens with two attached hydrogens (primary N) is 1. The number of hydrogen-bond donors (Lipinski definition) is 1. The van der Waals surface area contributed by atoms with Gasteiger partial charge in [-0.05, 0) is 31.2 Å². The van der Waals surface area contributed by atoms with Gasteiger partial charge in [0.2, 0.25) is 5.88 Å². The summed E-state index contributed by atoms with van der Waals surface area (Å²) in [7, 11) is 0. The topological polar surface area (TPSA) is 61.0 Å². The van der Waals surface area contributed by atoms with Crippen LogP contribution in [0.15, 0.2) is 34.8 Å². The lowest BCUT2D eigenvalue weighted by Crippen LogP contribution is -1.97. The molecule has 2 N–H and O–H groups in total. The van der Waals surface area contributed by atoms with E-state index in [9.17, 15) is 0 Å². The molecule has 1 aromatic carbocycles. The molecular weight excluding hydrogens is 270 g/mol. The largest absolute Gasteiger partial charge is 0.439 e. The minimum Gasteiger partial charge on any atom is -0.439 e. The normalized spacial score (nSPS) is 10.1. The van der Waals surface area contributed by atoms with Crippen molar-refractivity contribution in [3.63, 3.8) is 0 Å². The summed E-state index contributed by atoms with van der Waals surface area (Å²) in [6, 6.07) is 9.07. The van der Waals surface area contributed by atoms with E-state index in [0.29, 0.717) is 23.3 Å². The maximum Gasteiger partial charge on any atom is 0.224 e. The highest BCUT2D eigenvalue weighted by Gasteiger charge is 2.01. The van der Waals surface area contributed by atoms with Crippen LogP contribution in [-0.4, -0.2) is 9.97 Å². The van der Waals surface area contributed by atoms with Crippen LogP contribution < -0.4 is 10.5 Å². The number of nitrogen functional groups attached to an aromatic ring is 1. The highest BCUT2D eigenvalue weighted by molar-refractivity contribution is 9.10. The van der Waals surface area contributed by atoms with Gasteiger partial charge in [0.1, 0.15) is 17.4 Å². The average Bonchev–Trinajstić information content (AvgIpc) is 2.20. The van der Waals surface area contributed by atoms with Gasteiger partial charge < -0.3 is 10.5 Å². The van der Waals surface area contributed by atoms with E-state index in [1.807, 2.05) is 24.3 Å². The van der Waals surface area contributed by atoms with Crippen LogP contribution in [-0.2, 0) is 0 Å². The minimum atomic E-state index is 0.402. The first-order valence-corrected chi connectivity index (χ1v) is 5.47. The van der Waals surface area contributed by atoms with E-state index < -0.39 is 0 Å². The molecule has 2 aromatic rings. The van der Waals surface area contributed by atoms with Crippen LogP contribution in [0.1, 0.15) is 5.82 Å². The Morgan fingerprint density at radius 1 is 1.19 bits per heavy atom. The van der Waals surface area contributed by atoms with Gasteiger partial charge in [-0.1, -0.05) is 15.9 Å². The van der Waals surface area contributed by atoms with Crippen molar-refractivity contribution in [3.8, 4) is 11.6 Å². The van der Waals surface area contributed by atoms with Crippen LogP contribution >= 0.6 is 15.9 Å². The van der Waals surface area contributed by atoms with Crippen molar-refractivity contribution >= 4 is 21.7 Å². The lowest BCUT2D eigenvalue weighted by molar-refractivity contribution is 0.460. The molecule has 5 heteroatoms. The molecule has 0 spiro atoms. The van der Waals surface area contributed by atoms with Gasteiger partial charge in [0.25, 0.3) is 0 Å². The first-order valence-electron chi connectivity index (χ1n) is 4.68. The Kier molecular flexibility index (Phi) is 3.05. The summed E-state index contributed by atoms with van der Waals surface area (Å²) >= 11 is 3.35. The summed E-state index contributed by atoms with van der Waals surface area (Å²) in [6.45, 7) is 1.77. The number of benzene rings is 1. The molecule has 0 aliphatic heterocycles. The molecule has 4 nitrogen and oxygen atoms in total. The van der Waals surface area contributed by atoms with Crippen LogP contribution in [0, 0.1) is 6.92 Å². The fraction of sp³-hybridized carbons (Fsp3) is 0.0909. The molecule has 0 amide bonds. The highest BCUT2D eigenvalue weighted by Crippen LogP contribution is 2.22. The second kappa shape index (κ2) is 4.49.